The van der Waals surface area contributed by atoms with Crippen LogP contribution in [0.3, 0.4) is 0 Å². The molecule has 1 heterocycles. The van der Waals surface area contributed by atoms with Crippen molar-refractivity contribution in [3.8, 4) is 0 Å². The minimum absolute atomic E-state index is 0.0368. The Labute approximate surface area is 206 Å². The Morgan fingerprint density at radius 3 is 2.37 bits per heavy atom. The van der Waals surface area contributed by atoms with Gasteiger partial charge in [0.25, 0.3) is 0 Å². The number of fused-ring (bicyclic) bond motifs is 1. The fourth-order valence-electron chi connectivity index (χ4n) is 4.61. The number of benzene rings is 2. The zero-order valence-electron chi connectivity index (χ0n) is 20.6. The molecule has 1 aliphatic heterocycles. The van der Waals surface area contributed by atoms with Gasteiger partial charge < -0.3 is 15.7 Å². The molecule has 0 spiro atoms. The van der Waals surface area contributed by atoms with Crippen LogP contribution in [0.25, 0.3) is 0 Å². The summed E-state index contributed by atoms with van der Waals surface area (Å²) in [6.45, 7) is 6.32. The minimum Gasteiger partial charge on any atom is -0.391 e. The number of hydrogen-bond acceptors (Lipinski definition) is 5. The predicted molar refractivity (Wildman–Crippen MR) is 131 cm³/mol. The Morgan fingerprint density at radius 2 is 1.77 bits per heavy atom. The maximum atomic E-state index is 13.6. The van der Waals surface area contributed by atoms with Crippen LogP contribution >= 0.6 is 0 Å². The first-order chi connectivity index (χ1) is 16.3. The van der Waals surface area contributed by atoms with Crippen LogP contribution in [0, 0.1) is 23.0 Å². The van der Waals surface area contributed by atoms with Gasteiger partial charge >= 0.3 is 0 Å². The van der Waals surface area contributed by atoms with E-state index in [4.69, 9.17) is 0 Å². The van der Waals surface area contributed by atoms with E-state index in [1.54, 1.807) is 0 Å². The van der Waals surface area contributed by atoms with Crippen LogP contribution in [0.4, 0.5) is 8.78 Å². The molecule has 3 unspecified atom stereocenters. The van der Waals surface area contributed by atoms with Crippen LogP contribution in [-0.2, 0) is 33.2 Å². The van der Waals surface area contributed by atoms with Crippen molar-refractivity contribution >= 4 is 15.7 Å². The molecule has 0 aromatic heterocycles. The highest BCUT2D eigenvalue weighted by Gasteiger charge is 2.32. The van der Waals surface area contributed by atoms with Gasteiger partial charge in [-0.1, -0.05) is 39.0 Å². The highest BCUT2D eigenvalue weighted by Crippen LogP contribution is 2.31. The van der Waals surface area contributed by atoms with Gasteiger partial charge in [0.15, 0.2) is 9.84 Å². The Morgan fingerprint density at radius 1 is 1.11 bits per heavy atom. The highest BCUT2D eigenvalue weighted by molar-refractivity contribution is 7.90. The average Bonchev–Trinajstić information content (AvgIpc) is 2.73. The predicted octanol–water partition coefficient (Wildman–Crippen LogP) is 3.08. The van der Waals surface area contributed by atoms with Gasteiger partial charge in [-0.2, -0.15) is 0 Å². The lowest BCUT2D eigenvalue weighted by Crippen LogP contribution is -2.44. The molecule has 0 saturated carbocycles. The van der Waals surface area contributed by atoms with E-state index in [0.717, 1.165) is 41.3 Å². The number of amides is 1. The Bertz CT molecular complexity index is 1160. The molecule has 0 bridgehead atoms. The van der Waals surface area contributed by atoms with Crippen molar-refractivity contribution in [1.82, 2.24) is 10.6 Å². The quantitative estimate of drug-likeness (QED) is 0.510. The summed E-state index contributed by atoms with van der Waals surface area (Å²) in [6.07, 6.45) is -0.468. The molecule has 1 aliphatic rings. The second-order valence-corrected chi connectivity index (χ2v) is 12.7. The van der Waals surface area contributed by atoms with Crippen LogP contribution in [0.15, 0.2) is 36.4 Å². The van der Waals surface area contributed by atoms with Crippen LogP contribution in [0.1, 0.15) is 49.1 Å². The average molecular weight is 509 g/mol. The summed E-state index contributed by atoms with van der Waals surface area (Å²) >= 11 is 0. The van der Waals surface area contributed by atoms with Gasteiger partial charge in [-0.05, 0) is 52.6 Å². The molecule has 0 fully saturated rings. The van der Waals surface area contributed by atoms with E-state index in [2.05, 4.69) is 31.4 Å². The molecule has 9 heteroatoms. The molecular weight excluding hydrogens is 474 g/mol. The zero-order valence-corrected chi connectivity index (χ0v) is 21.4. The third-order valence-electron chi connectivity index (χ3n) is 6.12. The SMILES string of the molecule is CNC(=O)C(Cc1cc(F)cc(F)c1)C(O)CNC1CS(=O)(=O)Cc2ccc(CC(C)(C)C)cc21. The summed E-state index contributed by atoms with van der Waals surface area (Å²) in [6, 6.07) is 8.27. The van der Waals surface area contributed by atoms with Gasteiger partial charge in [0, 0.05) is 25.7 Å². The summed E-state index contributed by atoms with van der Waals surface area (Å²) in [4.78, 5) is 12.5. The largest absolute Gasteiger partial charge is 0.391 e. The topological polar surface area (TPSA) is 95.5 Å². The lowest BCUT2D eigenvalue weighted by molar-refractivity contribution is -0.128. The lowest BCUT2D eigenvalue weighted by atomic mass is 9.86. The zero-order chi connectivity index (χ0) is 26.0. The molecular formula is C26H34F2N2O4S. The van der Waals surface area contributed by atoms with Crippen molar-refractivity contribution in [1.29, 1.82) is 0 Å². The first-order valence-electron chi connectivity index (χ1n) is 11.7. The Hall–Kier alpha value is -2.36. The summed E-state index contributed by atoms with van der Waals surface area (Å²) < 4.78 is 52.3. The number of hydrogen-bond donors (Lipinski definition) is 3. The standard InChI is InChI=1S/C26H34F2N2O4S/c1-26(2,3)12-16-5-6-18-14-35(33,34)15-23(21(18)9-16)30-13-24(31)22(25(32)29-4)10-17-7-19(27)11-20(28)8-17/h5-9,11,22-24,30-31H,10,12-15H2,1-4H3,(H,29,32). The van der Waals surface area contributed by atoms with Gasteiger partial charge in [-0.3, -0.25) is 4.79 Å². The minimum atomic E-state index is -3.35. The number of nitrogens with one attached hydrogen (secondary N) is 2. The second-order valence-electron chi connectivity index (χ2n) is 10.6. The van der Waals surface area contributed by atoms with E-state index in [9.17, 15) is 27.1 Å². The first-order valence-corrected chi connectivity index (χ1v) is 13.5. The first kappa shape index (κ1) is 27.2. The molecule has 192 valence electrons. The molecule has 2 aromatic rings. The van der Waals surface area contributed by atoms with Gasteiger partial charge in [-0.15, -0.1) is 0 Å². The van der Waals surface area contributed by atoms with Crippen LogP contribution < -0.4 is 10.6 Å². The van der Waals surface area contributed by atoms with Crippen molar-refractivity contribution in [3.63, 3.8) is 0 Å². The molecule has 2 aromatic carbocycles. The van der Waals surface area contributed by atoms with Crippen molar-refractivity contribution in [2.24, 2.45) is 11.3 Å². The number of rotatable bonds is 8. The molecule has 1 amide bonds. The number of aliphatic hydroxyl groups excluding tert-OH is 1. The van der Waals surface area contributed by atoms with E-state index in [0.29, 0.717) is 0 Å². The number of carbonyl (C=O) groups is 1. The van der Waals surface area contributed by atoms with E-state index in [1.807, 2.05) is 18.2 Å². The van der Waals surface area contributed by atoms with Crippen molar-refractivity contribution in [3.05, 3.63) is 70.3 Å². The molecule has 3 rings (SSSR count). The molecule has 0 saturated heterocycles. The van der Waals surface area contributed by atoms with Crippen molar-refractivity contribution in [2.75, 3.05) is 19.3 Å². The summed E-state index contributed by atoms with van der Waals surface area (Å²) in [5.74, 6) is -3.15. The van der Waals surface area contributed by atoms with Crippen molar-refractivity contribution in [2.45, 2.75) is 51.5 Å². The summed E-state index contributed by atoms with van der Waals surface area (Å²) in [5.41, 5.74) is 2.99. The molecule has 3 N–H and O–H groups in total. The Kier molecular flexibility index (Phi) is 8.34. The molecule has 0 radical (unpaired) electrons. The maximum Gasteiger partial charge on any atom is 0.225 e. The third-order valence-corrected chi connectivity index (χ3v) is 7.71. The highest BCUT2D eigenvalue weighted by atomic mass is 32.2. The molecule has 35 heavy (non-hydrogen) atoms. The maximum absolute atomic E-state index is 13.6. The van der Waals surface area contributed by atoms with Crippen molar-refractivity contribution < 1.29 is 27.1 Å². The monoisotopic (exact) mass is 508 g/mol. The normalized spacial score (nSPS) is 19.0. The van der Waals surface area contributed by atoms with Gasteiger partial charge in [-0.25, -0.2) is 17.2 Å². The number of carbonyl (C=O) groups excluding carboxylic acids is 1. The summed E-state index contributed by atoms with van der Waals surface area (Å²) in [7, 11) is -1.93. The fourth-order valence-corrected chi connectivity index (χ4v) is 6.27. The van der Waals surface area contributed by atoms with Gasteiger partial charge in [0.05, 0.1) is 23.5 Å². The van der Waals surface area contributed by atoms with E-state index >= 15 is 0 Å². The number of aliphatic hydroxyl groups is 1. The second kappa shape index (κ2) is 10.7. The number of sulfone groups is 1. The van der Waals surface area contributed by atoms with Gasteiger partial charge in [0.1, 0.15) is 11.6 Å². The summed E-state index contributed by atoms with van der Waals surface area (Å²) in [5, 5.41) is 16.5. The number of halogens is 2. The van der Waals surface area contributed by atoms with Crippen LogP contribution in [0.2, 0.25) is 0 Å². The van der Waals surface area contributed by atoms with Crippen LogP contribution in [-0.4, -0.2) is 44.9 Å². The van der Waals surface area contributed by atoms with E-state index in [-0.39, 0.29) is 35.4 Å². The van der Waals surface area contributed by atoms with Gasteiger partial charge in [0.2, 0.25) is 5.91 Å². The smallest absolute Gasteiger partial charge is 0.225 e. The Balaban J connectivity index is 1.80. The lowest BCUT2D eigenvalue weighted by Gasteiger charge is -2.30. The molecule has 3 atom stereocenters. The fraction of sp³-hybridized carbons (Fsp3) is 0.500. The van der Waals surface area contributed by atoms with E-state index < -0.39 is 45.4 Å². The third kappa shape index (κ3) is 7.56. The molecule has 6 nitrogen and oxygen atoms in total. The molecule has 0 aliphatic carbocycles. The van der Waals surface area contributed by atoms with E-state index in [1.165, 1.54) is 7.05 Å². The van der Waals surface area contributed by atoms with Crippen LogP contribution in [0.5, 0.6) is 0 Å².